The Morgan fingerprint density at radius 1 is 1.31 bits per heavy atom. The second-order valence-electron chi connectivity index (χ2n) is 3.72. The molecule has 0 rings (SSSR count). The Hall–Kier alpha value is -1.32. The van der Waals surface area contributed by atoms with Crippen LogP contribution in [0.3, 0.4) is 0 Å². The van der Waals surface area contributed by atoms with Crippen molar-refractivity contribution in [3.05, 3.63) is 12.2 Å². The SMILES string of the molecule is CCCCC(CC)COC(=O)/C=C\C(=O)O. The predicted octanol–water partition coefficient (Wildman–Crippen LogP) is 2.39. The average Bonchev–Trinajstić information content (AvgIpc) is 2.26. The van der Waals surface area contributed by atoms with E-state index in [1.807, 2.05) is 0 Å². The van der Waals surface area contributed by atoms with Crippen LogP contribution in [0.2, 0.25) is 0 Å². The van der Waals surface area contributed by atoms with Gasteiger partial charge >= 0.3 is 11.9 Å². The summed E-state index contributed by atoms with van der Waals surface area (Å²) in [5, 5.41) is 8.31. The number of rotatable bonds is 8. The van der Waals surface area contributed by atoms with Crippen molar-refractivity contribution in [2.24, 2.45) is 5.92 Å². The van der Waals surface area contributed by atoms with Gasteiger partial charge in [-0.15, -0.1) is 0 Å². The lowest BCUT2D eigenvalue weighted by molar-refractivity contribution is -0.140. The fourth-order valence-electron chi connectivity index (χ4n) is 1.29. The maximum absolute atomic E-state index is 11.1. The van der Waals surface area contributed by atoms with Gasteiger partial charge in [-0.1, -0.05) is 33.1 Å². The van der Waals surface area contributed by atoms with Gasteiger partial charge in [-0.25, -0.2) is 9.59 Å². The Bertz CT molecular complexity index is 245. The number of hydrogen-bond acceptors (Lipinski definition) is 3. The number of esters is 1. The Balaban J connectivity index is 3.83. The minimum Gasteiger partial charge on any atom is -0.478 e. The third kappa shape index (κ3) is 8.03. The zero-order chi connectivity index (χ0) is 12.4. The van der Waals surface area contributed by atoms with Crippen LogP contribution in [0.15, 0.2) is 12.2 Å². The van der Waals surface area contributed by atoms with Gasteiger partial charge in [0, 0.05) is 12.2 Å². The molecule has 1 unspecified atom stereocenters. The molecule has 0 saturated carbocycles. The highest BCUT2D eigenvalue weighted by molar-refractivity contribution is 5.90. The van der Waals surface area contributed by atoms with Crippen LogP contribution in [0.5, 0.6) is 0 Å². The van der Waals surface area contributed by atoms with Crippen LogP contribution >= 0.6 is 0 Å². The molecule has 0 bridgehead atoms. The molecule has 16 heavy (non-hydrogen) atoms. The molecular weight excluding hydrogens is 208 g/mol. The number of carbonyl (C=O) groups excluding carboxylic acids is 1. The molecule has 4 heteroatoms. The lowest BCUT2D eigenvalue weighted by Gasteiger charge is -2.13. The molecule has 0 aliphatic rings. The average molecular weight is 228 g/mol. The number of ether oxygens (including phenoxy) is 1. The molecule has 0 aromatic carbocycles. The molecule has 0 spiro atoms. The Labute approximate surface area is 96.3 Å². The summed E-state index contributed by atoms with van der Waals surface area (Å²) in [6.45, 7) is 4.55. The summed E-state index contributed by atoms with van der Waals surface area (Å²) in [5.41, 5.74) is 0. The van der Waals surface area contributed by atoms with E-state index < -0.39 is 11.9 Å². The van der Waals surface area contributed by atoms with Crippen LogP contribution in [-0.2, 0) is 14.3 Å². The molecule has 1 atom stereocenters. The first-order valence-electron chi connectivity index (χ1n) is 5.67. The van der Waals surface area contributed by atoms with Crippen LogP contribution in [0, 0.1) is 5.92 Å². The van der Waals surface area contributed by atoms with E-state index in [2.05, 4.69) is 13.8 Å². The van der Waals surface area contributed by atoms with Crippen molar-refractivity contribution in [2.75, 3.05) is 6.61 Å². The van der Waals surface area contributed by atoms with Crippen LogP contribution in [-0.4, -0.2) is 23.7 Å². The molecule has 0 radical (unpaired) electrons. The number of hydrogen-bond donors (Lipinski definition) is 1. The summed E-state index contributed by atoms with van der Waals surface area (Å²) >= 11 is 0. The summed E-state index contributed by atoms with van der Waals surface area (Å²) in [5.74, 6) is -1.35. The third-order valence-electron chi connectivity index (χ3n) is 2.37. The second-order valence-corrected chi connectivity index (χ2v) is 3.72. The van der Waals surface area contributed by atoms with Crippen LogP contribution in [0.4, 0.5) is 0 Å². The van der Waals surface area contributed by atoms with E-state index >= 15 is 0 Å². The third-order valence-corrected chi connectivity index (χ3v) is 2.37. The summed E-state index contributed by atoms with van der Waals surface area (Å²) in [4.78, 5) is 21.2. The van der Waals surface area contributed by atoms with Gasteiger partial charge in [-0.3, -0.25) is 0 Å². The van der Waals surface area contributed by atoms with E-state index in [1.165, 1.54) is 0 Å². The van der Waals surface area contributed by atoms with Crippen LogP contribution < -0.4 is 0 Å². The number of carboxylic acid groups (broad SMARTS) is 1. The lowest BCUT2D eigenvalue weighted by atomic mass is 10.0. The molecule has 0 aliphatic carbocycles. The van der Waals surface area contributed by atoms with Crippen molar-refractivity contribution < 1.29 is 19.4 Å². The molecule has 4 nitrogen and oxygen atoms in total. The second kappa shape index (κ2) is 8.95. The first kappa shape index (κ1) is 14.7. The highest BCUT2D eigenvalue weighted by Gasteiger charge is 2.08. The standard InChI is InChI=1S/C12H20O4/c1-3-5-6-10(4-2)9-16-12(15)8-7-11(13)14/h7-8,10H,3-6,9H2,1-2H3,(H,13,14)/b8-7-. The molecule has 0 amide bonds. The van der Waals surface area contributed by atoms with Crippen LogP contribution in [0.25, 0.3) is 0 Å². The Kier molecular flexibility index (Phi) is 8.21. The lowest BCUT2D eigenvalue weighted by Crippen LogP contribution is -2.12. The van der Waals surface area contributed by atoms with Crippen molar-refractivity contribution in [2.45, 2.75) is 39.5 Å². The molecule has 0 aliphatic heterocycles. The van der Waals surface area contributed by atoms with Gasteiger partial charge in [0.05, 0.1) is 6.61 Å². The smallest absolute Gasteiger partial charge is 0.331 e. The first-order valence-corrected chi connectivity index (χ1v) is 5.67. The zero-order valence-corrected chi connectivity index (χ0v) is 9.94. The minimum atomic E-state index is -1.14. The maximum atomic E-state index is 11.1. The van der Waals surface area contributed by atoms with Crippen LogP contribution in [0.1, 0.15) is 39.5 Å². The van der Waals surface area contributed by atoms with E-state index in [9.17, 15) is 9.59 Å². The van der Waals surface area contributed by atoms with E-state index in [1.54, 1.807) is 0 Å². The van der Waals surface area contributed by atoms with Gasteiger partial charge in [0.1, 0.15) is 0 Å². The summed E-state index contributed by atoms with van der Waals surface area (Å²) < 4.78 is 4.95. The van der Waals surface area contributed by atoms with Crippen molar-refractivity contribution in [3.63, 3.8) is 0 Å². The number of unbranched alkanes of at least 4 members (excludes halogenated alkanes) is 1. The highest BCUT2D eigenvalue weighted by Crippen LogP contribution is 2.12. The van der Waals surface area contributed by atoms with Gasteiger partial charge in [0.15, 0.2) is 0 Å². The summed E-state index contributed by atoms with van der Waals surface area (Å²) in [6, 6.07) is 0. The van der Waals surface area contributed by atoms with Gasteiger partial charge in [0.25, 0.3) is 0 Å². The first-order chi connectivity index (χ1) is 7.60. The number of aliphatic carboxylic acids is 1. The fraction of sp³-hybridized carbons (Fsp3) is 0.667. The Morgan fingerprint density at radius 2 is 2.00 bits per heavy atom. The summed E-state index contributed by atoms with van der Waals surface area (Å²) in [7, 11) is 0. The molecule has 0 heterocycles. The van der Waals surface area contributed by atoms with Gasteiger partial charge < -0.3 is 9.84 Å². The molecule has 0 fully saturated rings. The minimum absolute atomic E-state index is 0.374. The molecule has 1 N–H and O–H groups in total. The monoisotopic (exact) mass is 228 g/mol. The van der Waals surface area contributed by atoms with Crippen molar-refractivity contribution in [1.29, 1.82) is 0 Å². The fourth-order valence-corrected chi connectivity index (χ4v) is 1.29. The molecule has 0 aromatic heterocycles. The van der Waals surface area contributed by atoms with Gasteiger partial charge in [-0.2, -0.15) is 0 Å². The topological polar surface area (TPSA) is 63.6 Å². The maximum Gasteiger partial charge on any atom is 0.331 e. The zero-order valence-electron chi connectivity index (χ0n) is 9.94. The largest absolute Gasteiger partial charge is 0.478 e. The predicted molar refractivity (Wildman–Crippen MR) is 61.0 cm³/mol. The summed E-state index contributed by atoms with van der Waals surface area (Å²) in [6.07, 6.45) is 5.99. The van der Waals surface area contributed by atoms with E-state index in [-0.39, 0.29) is 0 Å². The highest BCUT2D eigenvalue weighted by atomic mass is 16.5. The van der Waals surface area contributed by atoms with E-state index in [0.29, 0.717) is 12.5 Å². The van der Waals surface area contributed by atoms with Gasteiger partial charge in [-0.05, 0) is 12.3 Å². The van der Waals surface area contributed by atoms with E-state index in [0.717, 1.165) is 37.8 Å². The van der Waals surface area contributed by atoms with E-state index in [4.69, 9.17) is 9.84 Å². The normalized spacial score (nSPS) is 12.6. The molecule has 0 aromatic rings. The molecule has 0 saturated heterocycles. The van der Waals surface area contributed by atoms with Crippen molar-refractivity contribution in [3.8, 4) is 0 Å². The molecular formula is C12H20O4. The number of carboxylic acids is 1. The number of carbonyl (C=O) groups is 2. The van der Waals surface area contributed by atoms with Crippen molar-refractivity contribution in [1.82, 2.24) is 0 Å². The molecule has 92 valence electrons. The Morgan fingerprint density at radius 3 is 2.50 bits per heavy atom. The van der Waals surface area contributed by atoms with Crippen molar-refractivity contribution >= 4 is 11.9 Å². The van der Waals surface area contributed by atoms with Gasteiger partial charge in [0.2, 0.25) is 0 Å². The quantitative estimate of drug-likeness (QED) is 0.511.